The second-order valence-corrected chi connectivity index (χ2v) is 6.08. The molecule has 1 aromatic heterocycles. The lowest BCUT2D eigenvalue weighted by Crippen LogP contribution is -2.46. The Balaban J connectivity index is 1.81. The van der Waals surface area contributed by atoms with Crippen molar-refractivity contribution in [2.24, 2.45) is 0 Å². The maximum absolute atomic E-state index is 14.2. The van der Waals surface area contributed by atoms with Crippen molar-refractivity contribution < 1.29 is 14.1 Å². The van der Waals surface area contributed by atoms with Crippen LogP contribution in [0.1, 0.15) is 0 Å². The number of anilines is 4. The number of ether oxygens (including phenoxy) is 1. The fourth-order valence-electron chi connectivity index (χ4n) is 2.60. The van der Waals surface area contributed by atoms with Crippen LogP contribution in [-0.4, -0.2) is 41.8 Å². The molecule has 8 nitrogen and oxygen atoms in total. The Kier molecular flexibility index (Phi) is 5.43. The van der Waals surface area contributed by atoms with E-state index in [2.05, 4.69) is 28.2 Å². The number of hydrogen-bond acceptors (Lipinski definition) is 8. The van der Waals surface area contributed by atoms with Crippen molar-refractivity contribution in [1.29, 1.82) is 0 Å². The molecular formula is C16H18FN5O3S. The minimum atomic E-state index is -1.35. The van der Waals surface area contributed by atoms with E-state index in [1.165, 1.54) is 12.1 Å². The lowest BCUT2D eigenvalue weighted by molar-refractivity contribution is -0.384. The quantitative estimate of drug-likeness (QED) is 0.318. The molecule has 0 amide bonds. The normalized spacial score (nSPS) is 19.9. The van der Waals surface area contributed by atoms with Crippen molar-refractivity contribution in [1.82, 2.24) is 4.98 Å². The summed E-state index contributed by atoms with van der Waals surface area (Å²) in [6.07, 6.45) is -1.35. The van der Waals surface area contributed by atoms with Crippen LogP contribution < -0.4 is 15.5 Å². The molecule has 10 heteroatoms. The van der Waals surface area contributed by atoms with E-state index >= 15 is 0 Å². The van der Waals surface area contributed by atoms with E-state index in [9.17, 15) is 14.5 Å². The van der Waals surface area contributed by atoms with Gasteiger partial charge in [-0.25, -0.2) is 9.37 Å². The lowest BCUT2D eigenvalue weighted by atomic mass is 10.2. The van der Waals surface area contributed by atoms with Crippen molar-refractivity contribution in [3.63, 3.8) is 0 Å². The van der Waals surface area contributed by atoms with Crippen LogP contribution in [0.3, 0.4) is 0 Å². The van der Waals surface area contributed by atoms with Gasteiger partial charge < -0.3 is 20.3 Å². The van der Waals surface area contributed by atoms with E-state index in [0.29, 0.717) is 30.3 Å². The topological polar surface area (TPSA) is 92.6 Å². The van der Waals surface area contributed by atoms with Gasteiger partial charge in [-0.05, 0) is 30.3 Å². The van der Waals surface area contributed by atoms with Gasteiger partial charge in [0, 0.05) is 31.0 Å². The van der Waals surface area contributed by atoms with Gasteiger partial charge in [-0.2, -0.15) is 0 Å². The molecule has 2 unspecified atom stereocenters. The minimum absolute atomic E-state index is 0.125. The van der Waals surface area contributed by atoms with Crippen LogP contribution in [0.4, 0.5) is 33.1 Å². The Morgan fingerprint density at radius 3 is 2.73 bits per heavy atom. The van der Waals surface area contributed by atoms with Crippen molar-refractivity contribution in [3.8, 4) is 0 Å². The minimum Gasteiger partial charge on any atom is -0.373 e. The van der Waals surface area contributed by atoms with Gasteiger partial charge in [-0.15, -0.1) is 12.6 Å². The molecule has 1 saturated heterocycles. The Hall–Kier alpha value is -2.59. The Morgan fingerprint density at radius 1 is 1.35 bits per heavy atom. The third kappa shape index (κ3) is 3.81. The Morgan fingerprint density at radius 2 is 2.08 bits per heavy atom. The van der Waals surface area contributed by atoms with Crippen LogP contribution in [0, 0.1) is 10.1 Å². The highest BCUT2D eigenvalue weighted by molar-refractivity contribution is 7.80. The molecule has 3 rings (SSSR count). The van der Waals surface area contributed by atoms with Gasteiger partial charge in [0.15, 0.2) is 0 Å². The summed E-state index contributed by atoms with van der Waals surface area (Å²) in [5, 5.41) is 16.9. The first-order valence-electron chi connectivity index (χ1n) is 7.90. The van der Waals surface area contributed by atoms with E-state index in [4.69, 9.17) is 4.74 Å². The number of rotatable bonds is 5. The van der Waals surface area contributed by atoms with Crippen LogP contribution in [0.25, 0.3) is 0 Å². The number of alkyl halides is 1. The highest BCUT2D eigenvalue weighted by Gasteiger charge is 2.30. The summed E-state index contributed by atoms with van der Waals surface area (Å²) in [5.41, 5.74) is 0.348. The number of thiol groups is 1. The maximum Gasteiger partial charge on any atom is 0.311 e. The van der Waals surface area contributed by atoms with Crippen molar-refractivity contribution in [2.45, 2.75) is 11.7 Å². The number of benzene rings is 1. The number of aromatic nitrogens is 1. The molecule has 2 atom stereocenters. The molecule has 1 aliphatic rings. The van der Waals surface area contributed by atoms with E-state index in [0.717, 1.165) is 0 Å². The van der Waals surface area contributed by atoms with Gasteiger partial charge in [0.2, 0.25) is 12.1 Å². The second kappa shape index (κ2) is 7.75. The van der Waals surface area contributed by atoms with Gasteiger partial charge >= 0.3 is 5.69 Å². The molecule has 2 aromatic rings. The average molecular weight is 379 g/mol. The van der Waals surface area contributed by atoms with Crippen LogP contribution in [0.2, 0.25) is 0 Å². The van der Waals surface area contributed by atoms with Gasteiger partial charge in [0.25, 0.3) is 0 Å². The van der Waals surface area contributed by atoms with Crippen molar-refractivity contribution in [3.05, 3.63) is 46.5 Å². The fraction of sp³-hybridized carbons (Fsp3) is 0.312. The van der Waals surface area contributed by atoms with Gasteiger partial charge in [0.1, 0.15) is 11.3 Å². The molecule has 26 heavy (non-hydrogen) atoms. The molecular weight excluding hydrogens is 361 g/mol. The summed E-state index contributed by atoms with van der Waals surface area (Å²) in [4.78, 5) is 16.4. The van der Waals surface area contributed by atoms with Crippen LogP contribution >= 0.6 is 12.6 Å². The summed E-state index contributed by atoms with van der Waals surface area (Å²) >= 11 is 4.07. The summed E-state index contributed by atoms with van der Waals surface area (Å²) in [6, 6.07) is 9.79. The first-order valence-corrected chi connectivity index (χ1v) is 8.42. The maximum atomic E-state index is 14.2. The molecule has 1 aliphatic heterocycles. The summed E-state index contributed by atoms with van der Waals surface area (Å²) in [6.45, 7) is 0.809. The molecule has 0 saturated carbocycles. The monoisotopic (exact) mass is 379 g/mol. The van der Waals surface area contributed by atoms with E-state index < -0.39 is 16.7 Å². The first kappa shape index (κ1) is 18.2. The third-order valence-corrected chi connectivity index (χ3v) is 4.34. The Bertz CT molecular complexity index is 792. The zero-order chi connectivity index (χ0) is 18.7. The number of hydrogen-bond donors (Lipinski definition) is 3. The molecule has 2 N–H and O–H groups in total. The molecule has 138 valence electrons. The van der Waals surface area contributed by atoms with Gasteiger partial charge in [-0.1, -0.05) is 0 Å². The van der Waals surface area contributed by atoms with E-state index in [1.54, 1.807) is 36.2 Å². The number of nitro groups is 1. The second-order valence-electron chi connectivity index (χ2n) is 5.57. The number of halogens is 1. The largest absolute Gasteiger partial charge is 0.373 e. The third-order valence-electron chi connectivity index (χ3n) is 3.94. The average Bonchev–Trinajstić information content (AvgIpc) is 2.64. The molecule has 1 aromatic carbocycles. The standard InChI is InChI=1S/C16H18FN5O3S/c1-18-13-7-6-12(22(23)24)15(20-13)19-10-2-4-11(5-3-10)21-8-9-25-16(26)14(21)17/h2-7,14,16,26H,8-9H2,1H3,(H2,18,19,20). The van der Waals surface area contributed by atoms with Gasteiger partial charge in [0.05, 0.1) is 11.5 Å². The number of pyridine rings is 1. The zero-order valence-electron chi connectivity index (χ0n) is 13.9. The fourth-order valence-corrected chi connectivity index (χ4v) is 2.87. The Labute approximate surface area is 154 Å². The van der Waals surface area contributed by atoms with Crippen molar-refractivity contribution in [2.75, 3.05) is 35.7 Å². The summed E-state index contributed by atoms with van der Waals surface area (Å²) < 4.78 is 19.4. The van der Waals surface area contributed by atoms with Crippen molar-refractivity contribution >= 4 is 41.3 Å². The van der Waals surface area contributed by atoms with Crippen LogP contribution in [-0.2, 0) is 4.74 Å². The highest BCUT2D eigenvalue weighted by Crippen LogP contribution is 2.30. The highest BCUT2D eigenvalue weighted by atomic mass is 32.1. The molecule has 0 aliphatic carbocycles. The number of nitrogens with zero attached hydrogens (tertiary/aromatic N) is 3. The SMILES string of the molecule is CNc1ccc([N+](=O)[O-])c(Nc2ccc(N3CCOC(S)C3F)cc2)n1. The molecule has 0 bridgehead atoms. The zero-order valence-corrected chi connectivity index (χ0v) is 14.8. The van der Waals surface area contributed by atoms with Gasteiger partial charge in [-0.3, -0.25) is 10.1 Å². The lowest BCUT2D eigenvalue weighted by Gasteiger charge is -2.35. The summed E-state index contributed by atoms with van der Waals surface area (Å²) in [5.74, 6) is 0.628. The van der Waals surface area contributed by atoms with E-state index in [1.807, 2.05) is 0 Å². The first-order chi connectivity index (χ1) is 12.5. The molecule has 1 fully saturated rings. The predicted octanol–water partition coefficient (Wildman–Crippen LogP) is 3.16. The molecule has 0 radical (unpaired) electrons. The van der Waals surface area contributed by atoms with Crippen LogP contribution in [0.5, 0.6) is 0 Å². The summed E-state index contributed by atoms with van der Waals surface area (Å²) in [7, 11) is 1.68. The number of morpholine rings is 1. The number of nitrogens with one attached hydrogen (secondary N) is 2. The molecule has 2 heterocycles. The smallest absolute Gasteiger partial charge is 0.311 e. The van der Waals surface area contributed by atoms with E-state index in [-0.39, 0.29) is 11.5 Å². The predicted molar refractivity (Wildman–Crippen MR) is 101 cm³/mol. The van der Waals surface area contributed by atoms with Crippen LogP contribution in [0.15, 0.2) is 36.4 Å². The molecule has 0 spiro atoms.